The van der Waals surface area contributed by atoms with Crippen LogP contribution >= 0.6 is 22.9 Å². The summed E-state index contributed by atoms with van der Waals surface area (Å²) in [6.45, 7) is 0. The minimum absolute atomic E-state index is 0.131. The summed E-state index contributed by atoms with van der Waals surface area (Å²) in [5, 5.41) is 2.43. The molecule has 1 atom stereocenters. The van der Waals surface area contributed by atoms with Gasteiger partial charge in [-0.25, -0.2) is 4.39 Å². The Hall–Kier alpha value is -1.14. The number of hydrazine groups is 1. The standard InChI is InChI=1S/C13H14ClFN2OS/c1-18-10-6-13(19-7-10)12(17-16)5-8-4-9(15)2-3-11(8)14/h2-4,6-7,12,17H,5,16H2,1H3. The van der Waals surface area contributed by atoms with Gasteiger partial charge in [0.25, 0.3) is 0 Å². The SMILES string of the molecule is COc1csc(C(Cc2cc(F)ccc2Cl)NN)c1. The van der Waals surface area contributed by atoms with Crippen molar-refractivity contribution in [2.24, 2.45) is 5.84 Å². The molecule has 0 bridgehead atoms. The van der Waals surface area contributed by atoms with Gasteiger partial charge in [0.15, 0.2) is 0 Å². The van der Waals surface area contributed by atoms with Crippen LogP contribution in [-0.2, 0) is 6.42 Å². The van der Waals surface area contributed by atoms with E-state index in [2.05, 4.69) is 5.43 Å². The molecule has 0 spiro atoms. The zero-order valence-electron chi connectivity index (χ0n) is 10.3. The molecule has 0 saturated carbocycles. The third-order valence-electron chi connectivity index (χ3n) is 2.81. The number of halogens is 2. The Morgan fingerprint density at radius 2 is 2.26 bits per heavy atom. The van der Waals surface area contributed by atoms with Crippen molar-refractivity contribution in [2.45, 2.75) is 12.5 Å². The first-order valence-electron chi connectivity index (χ1n) is 5.66. The molecule has 0 aliphatic heterocycles. The predicted molar refractivity (Wildman–Crippen MR) is 76.0 cm³/mol. The molecule has 6 heteroatoms. The second-order valence-electron chi connectivity index (χ2n) is 4.05. The molecule has 102 valence electrons. The lowest BCUT2D eigenvalue weighted by Gasteiger charge is -2.15. The van der Waals surface area contributed by atoms with Crippen molar-refractivity contribution in [3.05, 3.63) is 50.9 Å². The Balaban J connectivity index is 2.21. The topological polar surface area (TPSA) is 47.3 Å². The van der Waals surface area contributed by atoms with Crippen molar-refractivity contribution in [1.82, 2.24) is 5.43 Å². The van der Waals surface area contributed by atoms with Crippen molar-refractivity contribution >= 4 is 22.9 Å². The van der Waals surface area contributed by atoms with E-state index in [1.54, 1.807) is 13.2 Å². The van der Waals surface area contributed by atoms with Crippen LogP contribution in [0.1, 0.15) is 16.5 Å². The summed E-state index contributed by atoms with van der Waals surface area (Å²) >= 11 is 7.59. The number of nitrogens with one attached hydrogen (secondary N) is 1. The monoisotopic (exact) mass is 300 g/mol. The molecule has 1 heterocycles. The highest BCUT2D eigenvalue weighted by Gasteiger charge is 2.15. The molecule has 0 saturated heterocycles. The largest absolute Gasteiger partial charge is 0.496 e. The summed E-state index contributed by atoms with van der Waals surface area (Å²) in [7, 11) is 1.61. The van der Waals surface area contributed by atoms with Gasteiger partial charge in [0.05, 0.1) is 13.2 Å². The highest BCUT2D eigenvalue weighted by Crippen LogP contribution is 2.30. The minimum atomic E-state index is -0.307. The van der Waals surface area contributed by atoms with Gasteiger partial charge in [-0.05, 0) is 36.2 Å². The van der Waals surface area contributed by atoms with Crippen molar-refractivity contribution < 1.29 is 9.13 Å². The van der Waals surface area contributed by atoms with Gasteiger partial charge < -0.3 is 4.74 Å². The number of methoxy groups -OCH3 is 1. The second-order valence-corrected chi connectivity index (χ2v) is 5.40. The Morgan fingerprint density at radius 1 is 1.47 bits per heavy atom. The molecule has 0 radical (unpaired) electrons. The van der Waals surface area contributed by atoms with Gasteiger partial charge in [-0.1, -0.05) is 11.6 Å². The Kier molecular flexibility index (Phi) is 4.76. The average molecular weight is 301 g/mol. The number of thiophene rings is 1. The molecule has 0 aliphatic carbocycles. The zero-order chi connectivity index (χ0) is 13.8. The summed E-state index contributed by atoms with van der Waals surface area (Å²) < 4.78 is 18.4. The van der Waals surface area contributed by atoms with E-state index >= 15 is 0 Å². The second kappa shape index (κ2) is 6.34. The molecule has 0 amide bonds. The Labute approximate surface area is 120 Å². The number of hydrogen-bond acceptors (Lipinski definition) is 4. The number of benzene rings is 1. The molecule has 0 aliphatic rings. The van der Waals surface area contributed by atoms with Gasteiger partial charge in [-0.15, -0.1) is 11.3 Å². The third-order valence-corrected chi connectivity index (χ3v) is 4.20. The van der Waals surface area contributed by atoms with Crippen LogP contribution in [0.25, 0.3) is 0 Å². The van der Waals surface area contributed by atoms with Gasteiger partial charge in [0, 0.05) is 15.3 Å². The van der Waals surface area contributed by atoms with E-state index in [9.17, 15) is 4.39 Å². The van der Waals surface area contributed by atoms with Crippen LogP contribution in [-0.4, -0.2) is 7.11 Å². The maximum Gasteiger partial charge on any atom is 0.129 e. The van der Waals surface area contributed by atoms with Gasteiger partial charge >= 0.3 is 0 Å². The number of rotatable bonds is 5. The lowest BCUT2D eigenvalue weighted by atomic mass is 10.0. The minimum Gasteiger partial charge on any atom is -0.496 e. The quantitative estimate of drug-likeness (QED) is 0.658. The highest BCUT2D eigenvalue weighted by molar-refractivity contribution is 7.10. The van der Waals surface area contributed by atoms with E-state index in [1.807, 2.05) is 11.4 Å². The first kappa shape index (κ1) is 14.3. The average Bonchev–Trinajstić information content (AvgIpc) is 2.88. The Bertz CT molecular complexity index is 561. The fourth-order valence-corrected chi connectivity index (χ4v) is 2.90. The molecule has 1 aromatic heterocycles. The van der Waals surface area contributed by atoms with Crippen LogP contribution in [0, 0.1) is 5.82 Å². The third kappa shape index (κ3) is 3.45. The number of ether oxygens (including phenoxy) is 1. The smallest absolute Gasteiger partial charge is 0.129 e. The van der Waals surface area contributed by atoms with Crippen LogP contribution in [0.4, 0.5) is 4.39 Å². The molecular formula is C13H14ClFN2OS. The Morgan fingerprint density at radius 3 is 2.89 bits per heavy atom. The van der Waals surface area contributed by atoms with Crippen LogP contribution in [0.2, 0.25) is 5.02 Å². The molecule has 1 aromatic carbocycles. The molecule has 1 unspecified atom stereocenters. The van der Waals surface area contributed by atoms with Crippen LogP contribution in [0.3, 0.4) is 0 Å². The summed E-state index contributed by atoms with van der Waals surface area (Å²) in [6, 6.07) is 6.09. The van der Waals surface area contributed by atoms with E-state index in [1.165, 1.54) is 23.5 Å². The number of nitrogens with two attached hydrogens (primary N) is 1. The van der Waals surface area contributed by atoms with Crippen molar-refractivity contribution in [3.8, 4) is 5.75 Å². The van der Waals surface area contributed by atoms with E-state index in [0.29, 0.717) is 11.4 Å². The lowest BCUT2D eigenvalue weighted by molar-refractivity contribution is 0.415. The maximum absolute atomic E-state index is 13.2. The zero-order valence-corrected chi connectivity index (χ0v) is 11.9. The molecule has 2 rings (SSSR count). The first-order valence-corrected chi connectivity index (χ1v) is 6.92. The van der Waals surface area contributed by atoms with Crippen molar-refractivity contribution in [3.63, 3.8) is 0 Å². The molecule has 2 aromatic rings. The molecule has 19 heavy (non-hydrogen) atoms. The molecule has 0 fully saturated rings. The fraction of sp³-hybridized carbons (Fsp3) is 0.231. The van der Waals surface area contributed by atoms with Gasteiger partial charge in [0.2, 0.25) is 0 Å². The van der Waals surface area contributed by atoms with Crippen LogP contribution in [0.15, 0.2) is 29.6 Å². The summed E-state index contributed by atoms with van der Waals surface area (Å²) in [6.07, 6.45) is 0.511. The normalized spacial score (nSPS) is 12.4. The van der Waals surface area contributed by atoms with Gasteiger partial charge in [0.1, 0.15) is 11.6 Å². The summed E-state index contributed by atoms with van der Waals surface area (Å²) in [5.74, 6) is 6.05. The molecule has 3 nitrogen and oxygen atoms in total. The van der Waals surface area contributed by atoms with Gasteiger partial charge in [-0.3, -0.25) is 11.3 Å². The van der Waals surface area contributed by atoms with Gasteiger partial charge in [-0.2, -0.15) is 0 Å². The number of hydrogen-bond donors (Lipinski definition) is 2. The van der Waals surface area contributed by atoms with E-state index < -0.39 is 0 Å². The first-order chi connectivity index (χ1) is 9.13. The summed E-state index contributed by atoms with van der Waals surface area (Å²) in [4.78, 5) is 1.01. The van der Waals surface area contributed by atoms with Crippen LogP contribution < -0.4 is 16.0 Å². The fourth-order valence-electron chi connectivity index (χ4n) is 1.79. The van der Waals surface area contributed by atoms with Crippen LogP contribution in [0.5, 0.6) is 5.75 Å². The van der Waals surface area contributed by atoms with Crippen molar-refractivity contribution in [2.75, 3.05) is 7.11 Å². The maximum atomic E-state index is 13.2. The summed E-state index contributed by atoms with van der Waals surface area (Å²) in [5.41, 5.74) is 3.44. The molecular weight excluding hydrogens is 287 g/mol. The van der Waals surface area contributed by atoms with E-state index in [0.717, 1.165) is 16.2 Å². The van der Waals surface area contributed by atoms with E-state index in [4.69, 9.17) is 22.2 Å². The highest BCUT2D eigenvalue weighted by atomic mass is 35.5. The molecule has 3 N–H and O–H groups in total. The van der Waals surface area contributed by atoms with Crippen molar-refractivity contribution in [1.29, 1.82) is 0 Å². The van der Waals surface area contributed by atoms with E-state index in [-0.39, 0.29) is 11.9 Å². The lowest BCUT2D eigenvalue weighted by Crippen LogP contribution is -2.29. The predicted octanol–water partition coefficient (Wildman–Crippen LogP) is 3.30.